The smallest absolute Gasteiger partial charge is 0.313 e. The number of thioether (sulfide) groups is 1. The van der Waals surface area contributed by atoms with Gasteiger partial charge in [0.2, 0.25) is 0 Å². The highest BCUT2D eigenvalue weighted by atomic mass is 32.2. The molecule has 32 heavy (non-hydrogen) atoms. The first-order valence-corrected chi connectivity index (χ1v) is 13.1. The molecule has 1 saturated heterocycles. The van der Waals surface area contributed by atoms with Gasteiger partial charge in [-0.3, -0.25) is 0 Å². The summed E-state index contributed by atoms with van der Waals surface area (Å²) in [5.41, 5.74) is 4.07. The van der Waals surface area contributed by atoms with Crippen LogP contribution in [0.15, 0.2) is 30.4 Å². The average Bonchev–Trinajstić information content (AvgIpc) is 2.92. The maximum atomic E-state index is 14.2. The summed E-state index contributed by atoms with van der Waals surface area (Å²) in [6.45, 7) is 10.9. The van der Waals surface area contributed by atoms with Gasteiger partial charge in [0.1, 0.15) is 0 Å². The van der Waals surface area contributed by atoms with Crippen LogP contribution in [0.3, 0.4) is 0 Å². The quantitative estimate of drug-likeness (QED) is 0.121. The number of imidazole rings is 1. The van der Waals surface area contributed by atoms with E-state index in [0.717, 1.165) is 18.8 Å². The van der Waals surface area contributed by atoms with Gasteiger partial charge in [0.05, 0.1) is 17.8 Å². The summed E-state index contributed by atoms with van der Waals surface area (Å²) in [7, 11) is 0. The number of hydrazine groups is 1. The first-order valence-electron chi connectivity index (χ1n) is 9.93. The number of hydrogen-bond acceptors (Lipinski definition) is 8. The van der Waals surface area contributed by atoms with Crippen LogP contribution in [-0.2, 0) is 0 Å². The minimum Gasteiger partial charge on any atom is -0.389 e. The molecular weight excluding hydrogens is 493 g/mol. The molecule has 1 aliphatic heterocycles. The number of thiol groups is 1. The number of aliphatic hydroxyl groups is 1. The molecule has 4 N–H and O–H groups in total. The number of aromatic amines is 1. The number of aryl methyl sites for hydroxylation is 1. The number of alkyl halides is 2. The van der Waals surface area contributed by atoms with Crippen LogP contribution >= 0.6 is 48.6 Å². The number of nitrogens with one attached hydrogen (secondary N) is 3. The highest BCUT2D eigenvalue weighted by Gasteiger charge is 2.32. The minimum atomic E-state index is -3.23. The van der Waals surface area contributed by atoms with E-state index in [1.165, 1.54) is 29.8 Å². The lowest BCUT2D eigenvalue weighted by atomic mass is 10.1. The molecule has 0 saturated carbocycles. The van der Waals surface area contributed by atoms with Crippen molar-refractivity contribution in [2.45, 2.75) is 36.9 Å². The van der Waals surface area contributed by atoms with Gasteiger partial charge in [-0.25, -0.2) is 9.69 Å². The molecule has 1 aromatic rings. The van der Waals surface area contributed by atoms with Gasteiger partial charge in [0, 0.05) is 40.9 Å². The van der Waals surface area contributed by atoms with Gasteiger partial charge >= 0.3 is 5.25 Å². The predicted molar refractivity (Wildman–Crippen MR) is 140 cm³/mol. The van der Waals surface area contributed by atoms with Crippen LogP contribution in [0.5, 0.6) is 0 Å². The molecule has 1 aliphatic rings. The number of rotatable bonds is 12. The van der Waals surface area contributed by atoms with E-state index in [1.807, 2.05) is 18.2 Å². The molecule has 180 valence electrons. The van der Waals surface area contributed by atoms with Gasteiger partial charge in [-0.05, 0) is 39.2 Å². The van der Waals surface area contributed by atoms with Gasteiger partial charge < -0.3 is 15.5 Å². The van der Waals surface area contributed by atoms with Crippen LogP contribution in [0.2, 0.25) is 0 Å². The van der Waals surface area contributed by atoms with Crippen molar-refractivity contribution >= 4 is 54.1 Å². The lowest BCUT2D eigenvalue weighted by Gasteiger charge is -2.38. The molecule has 0 radical (unpaired) electrons. The standard InChI is InChI=1S/C20H31F2N5OS4/c1-6-14(17-13(2)24-18(29)27(17)23-12-19(3,4)28)7-8-15(20(21,22)30)11-32-16-9-26(10-16)25-31-5/h6-8,16,23,25,28,30H,1,9-12H2,2-5H3,(H,24,29)/b14-7+,15-8+. The first-order chi connectivity index (χ1) is 14.9. The van der Waals surface area contributed by atoms with Crippen LogP contribution < -0.4 is 10.3 Å². The van der Waals surface area contributed by atoms with Crippen molar-refractivity contribution < 1.29 is 13.9 Å². The third kappa shape index (κ3) is 7.93. The van der Waals surface area contributed by atoms with Crippen molar-refractivity contribution in [2.75, 3.05) is 37.1 Å². The third-order valence-electron chi connectivity index (χ3n) is 4.63. The molecule has 1 aromatic heterocycles. The molecule has 0 aromatic carbocycles. The zero-order valence-corrected chi connectivity index (χ0v) is 22.0. The maximum Gasteiger partial charge on any atom is 0.313 e. The van der Waals surface area contributed by atoms with Gasteiger partial charge in [-0.2, -0.15) is 25.4 Å². The molecule has 6 nitrogen and oxygen atoms in total. The number of H-pyrrole nitrogens is 1. The molecule has 0 spiro atoms. The third-order valence-corrected chi connectivity index (χ3v) is 6.89. The van der Waals surface area contributed by atoms with Crippen molar-refractivity contribution in [3.63, 3.8) is 0 Å². The Morgan fingerprint density at radius 2 is 2.06 bits per heavy atom. The van der Waals surface area contributed by atoms with Crippen molar-refractivity contribution in [3.8, 4) is 0 Å². The number of halogens is 2. The van der Waals surface area contributed by atoms with Crippen LogP contribution in [0.25, 0.3) is 5.57 Å². The van der Waals surface area contributed by atoms with E-state index >= 15 is 0 Å². The maximum absolute atomic E-state index is 14.2. The number of allylic oxidation sites excluding steroid dienone is 4. The van der Waals surface area contributed by atoms with E-state index < -0.39 is 10.9 Å². The fourth-order valence-electron chi connectivity index (χ4n) is 2.94. The van der Waals surface area contributed by atoms with E-state index in [1.54, 1.807) is 30.7 Å². The van der Waals surface area contributed by atoms with E-state index in [4.69, 9.17) is 12.2 Å². The number of hydrogen-bond donors (Lipinski definition) is 5. The number of nitrogens with zero attached hydrogens (tertiary/aromatic N) is 2. The summed E-state index contributed by atoms with van der Waals surface area (Å²) >= 11 is 11.9. The molecule has 0 bridgehead atoms. The van der Waals surface area contributed by atoms with Crippen molar-refractivity contribution in [2.24, 2.45) is 0 Å². The van der Waals surface area contributed by atoms with Gasteiger partial charge in [-0.15, -0.1) is 12.6 Å². The lowest BCUT2D eigenvalue weighted by Crippen LogP contribution is -2.53. The van der Waals surface area contributed by atoms with Crippen LogP contribution in [0.4, 0.5) is 8.78 Å². The second kappa shape index (κ2) is 11.6. The summed E-state index contributed by atoms with van der Waals surface area (Å²) in [5.74, 6) is 0.171. The first kappa shape index (κ1) is 27.5. The molecule has 2 rings (SSSR count). The van der Waals surface area contributed by atoms with E-state index in [2.05, 4.69) is 34.4 Å². The predicted octanol–water partition coefficient (Wildman–Crippen LogP) is 4.39. The largest absolute Gasteiger partial charge is 0.389 e. The summed E-state index contributed by atoms with van der Waals surface area (Å²) in [6, 6.07) is 0. The summed E-state index contributed by atoms with van der Waals surface area (Å²) < 4.78 is 30.4. The second-order valence-electron chi connectivity index (χ2n) is 8.08. The van der Waals surface area contributed by atoms with E-state index in [9.17, 15) is 13.9 Å². The topological polar surface area (TPSA) is 68.2 Å². The Labute approximate surface area is 207 Å². The molecule has 0 unspecified atom stereocenters. The second-order valence-corrected chi connectivity index (χ2v) is 10.9. The number of aromatic nitrogens is 2. The molecule has 2 heterocycles. The van der Waals surface area contributed by atoms with Gasteiger partial charge in [-0.1, -0.05) is 36.8 Å². The van der Waals surface area contributed by atoms with Crippen molar-refractivity contribution in [1.29, 1.82) is 0 Å². The minimum absolute atomic E-state index is 0.0794. The average molecular weight is 524 g/mol. The molecule has 12 heteroatoms. The Balaban J connectivity index is 2.24. The zero-order chi connectivity index (χ0) is 24.1. The Morgan fingerprint density at radius 1 is 1.41 bits per heavy atom. The normalized spacial score (nSPS) is 16.9. The lowest BCUT2D eigenvalue weighted by molar-refractivity contribution is 0.0915. The highest BCUT2D eigenvalue weighted by molar-refractivity contribution is 8.00. The van der Waals surface area contributed by atoms with Crippen LogP contribution in [0, 0.1) is 11.7 Å². The Hall–Kier alpha value is -0.760. The molecule has 0 atom stereocenters. The Kier molecular flexibility index (Phi) is 9.95. The highest BCUT2D eigenvalue weighted by Crippen LogP contribution is 2.34. The van der Waals surface area contributed by atoms with Crippen LogP contribution in [-0.4, -0.2) is 67.5 Å². The zero-order valence-electron chi connectivity index (χ0n) is 18.6. The summed E-state index contributed by atoms with van der Waals surface area (Å²) in [4.78, 5) is 6.19. The Bertz CT molecular complexity index is 909. The molecule has 0 amide bonds. The fraction of sp³-hybridized carbons (Fsp3) is 0.550. The molecular formula is C20H31F2N5OS4. The van der Waals surface area contributed by atoms with Crippen molar-refractivity contribution in [1.82, 2.24) is 19.5 Å². The van der Waals surface area contributed by atoms with E-state index in [-0.39, 0.29) is 17.9 Å². The summed E-state index contributed by atoms with van der Waals surface area (Å²) in [6.07, 6.45) is 6.53. The van der Waals surface area contributed by atoms with Gasteiger partial charge in [0.25, 0.3) is 0 Å². The molecule has 0 aliphatic carbocycles. The van der Waals surface area contributed by atoms with Crippen molar-refractivity contribution in [3.05, 3.63) is 46.5 Å². The fourth-order valence-corrected chi connectivity index (χ4v) is 5.18. The molecule has 1 fully saturated rings. The van der Waals surface area contributed by atoms with E-state index in [0.29, 0.717) is 21.3 Å². The van der Waals surface area contributed by atoms with Crippen LogP contribution in [0.1, 0.15) is 25.2 Å². The SMILES string of the molecule is C=C/C(=C\C=C(/CSC1CN(NSC)C1)C(F)(F)S)c1c(C)[nH]c(=S)n1NCC(C)(C)O. The monoisotopic (exact) mass is 523 g/mol. The van der Waals surface area contributed by atoms with Gasteiger partial charge in [0.15, 0.2) is 4.77 Å². The Morgan fingerprint density at radius 3 is 2.59 bits per heavy atom. The summed E-state index contributed by atoms with van der Waals surface area (Å²) in [5, 5.41) is 9.14.